The molecule has 0 amide bonds. The van der Waals surface area contributed by atoms with E-state index >= 15 is 0 Å². The first kappa shape index (κ1) is 16.9. The molecule has 0 radical (unpaired) electrons. The molecule has 2 rings (SSSR count). The second-order valence-corrected chi connectivity index (χ2v) is 6.09. The molecular weight excluding hydrogens is 244 g/mol. The zero-order valence-corrected chi connectivity index (χ0v) is 13.8. The van der Waals surface area contributed by atoms with Crippen molar-refractivity contribution in [3.05, 3.63) is 23.8 Å². The third-order valence-electron chi connectivity index (χ3n) is 4.00. The number of hydrogen-bond acceptors (Lipinski definition) is 2. The van der Waals surface area contributed by atoms with Gasteiger partial charge < -0.3 is 10.6 Å². The molecule has 0 bridgehead atoms. The molecule has 20 heavy (non-hydrogen) atoms. The van der Waals surface area contributed by atoms with Gasteiger partial charge >= 0.3 is 0 Å². The highest BCUT2D eigenvalue weighted by Crippen LogP contribution is 2.25. The average molecular weight is 276 g/mol. The molecule has 0 aromatic heterocycles. The molecular formula is C18H32N2. The van der Waals surface area contributed by atoms with Gasteiger partial charge in [-0.15, -0.1) is 0 Å². The Labute approximate surface area is 125 Å². The molecule has 1 aliphatic heterocycles. The maximum atomic E-state index is 5.80. The SMILES string of the molecule is CCCCCC.Cc1cc(N2CCC(C)C2)ccc1N. The van der Waals surface area contributed by atoms with Crippen molar-refractivity contribution < 1.29 is 0 Å². The number of aryl methyl sites for hydroxylation is 1. The first-order valence-electron chi connectivity index (χ1n) is 8.19. The van der Waals surface area contributed by atoms with Gasteiger partial charge in [0.2, 0.25) is 0 Å². The monoisotopic (exact) mass is 276 g/mol. The summed E-state index contributed by atoms with van der Waals surface area (Å²) in [6, 6.07) is 6.32. The summed E-state index contributed by atoms with van der Waals surface area (Å²) in [5.74, 6) is 0.827. The van der Waals surface area contributed by atoms with Crippen LogP contribution in [0, 0.1) is 12.8 Å². The molecule has 1 heterocycles. The van der Waals surface area contributed by atoms with Crippen LogP contribution in [0.4, 0.5) is 11.4 Å². The number of nitrogen functional groups attached to an aromatic ring is 1. The van der Waals surface area contributed by atoms with Gasteiger partial charge in [-0.3, -0.25) is 0 Å². The summed E-state index contributed by atoms with van der Waals surface area (Å²) in [5.41, 5.74) is 9.19. The fraction of sp³-hybridized carbons (Fsp3) is 0.667. The molecule has 114 valence electrons. The van der Waals surface area contributed by atoms with Crippen LogP contribution in [0.2, 0.25) is 0 Å². The van der Waals surface area contributed by atoms with Crippen molar-refractivity contribution >= 4 is 11.4 Å². The Morgan fingerprint density at radius 3 is 2.30 bits per heavy atom. The quantitative estimate of drug-likeness (QED) is 0.618. The Balaban J connectivity index is 0.000000286. The predicted octanol–water partition coefficient (Wildman–Crippen LogP) is 5.01. The summed E-state index contributed by atoms with van der Waals surface area (Å²) in [6.07, 6.45) is 6.85. The summed E-state index contributed by atoms with van der Waals surface area (Å²) in [7, 11) is 0. The number of benzene rings is 1. The van der Waals surface area contributed by atoms with Crippen LogP contribution in [0.1, 0.15) is 58.4 Å². The minimum absolute atomic E-state index is 0.827. The molecule has 1 aromatic carbocycles. The lowest BCUT2D eigenvalue weighted by Gasteiger charge is -2.19. The molecule has 0 spiro atoms. The van der Waals surface area contributed by atoms with Crippen LogP contribution in [0.3, 0.4) is 0 Å². The number of nitrogens with zero attached hydrogens (tertiary/aromatic N) is 1. The van der Waals surface area contributed by atoms with Gasteiger partial charge in [0.1, 0.15) is 0 Å². The minimum Gasteiger partial charge on any atom is -0.399 e. The van der Waals surface area contributed by atoms with Gasteiger partial charge in [-0.25, -0.2) is 0 Å². The van der Waals surface area contributed by atoms with E-state index in [9.17, 15) is 0 Å². The Kier molecular flexibility index (Phi) is 7.50. The van der Waals surface area contributed by atoms with Crippen molar-refractivity contribution in [3.8, 4) is 0 Å². The Morgan fingerprint density at radius 1 is 1.20 bits per heavy atom. The topological polar surface area (TPSA) is 29.3 Å². The Morgan fingerprint density at radius 2 is 1.85 bits per heavy atom. The number of nitrogens with two attached hydrogens (primary N) is 1. The van der Waals surface area contributed by atoms with Crippen LogP contribution in [0.25, 0.3) is 0 Å². The van der Waals surface area contributed by atoms with Crippen molar-refractivity contribution in [2.24, 2.45) is 5.92 Å². The summed E-state index contributed by atoms with van der Waals surface area (Å²) in [5, 5.41) is 0. The van der Waals surface area contributed by atoms with Gasteiger partial charge in [-0.2, -0.15) is 0 Å². The van der Waals surface area contributed by atoms with Crippen LogP contribution >= 0.6 is 0 Å². The third-order valence-corrected chi connectivity index (χ3v) is 4.00. The lowest BCUT2D eigenvalue weighted by molar-refractivity contribution is 0.659. The lowest BCUT2D eigenvalue weighted by atomic mass is 10.1. The van der Waals surface area contributed by atoms with Crippen molar-refractivity contribution in [2.75, 3.05) is 23.7 Å². The number of rotatable bonds is 4. The number of unbranched alkanes of at least 4 members (excludes halogenated alkanes) is 3. The molecule has 1 aliphatic rings. The van der Waals surface area contributed by atoms with E-state index in [4.69, 9.17) is 5.73 Å². The Bertz CT molecular complexity index is 383. The van der Waals surface area contributed by atoms with Gasteiger partial charge in [0.05, 0.1) is 0 Å². The van der Waals surface area contributed by atoms with Crippen LogP contribution in [-0.2, 0) is 0 Å². The van der Waals surface area contributed by atoms with Crippen molar-refractivity contribution in [2.45, 2.75) is 59.8 Å². The van der Waals surface area contributed by atoms with Gasteiger partial charge in [0.15, 0.2) is 0 Å². The predicted molar refractivity (Wildman–Crippen MR) is 91.4 cm³/mol. The standard InChI is InChI=1S/C12H18N2.C6H14/c1-9-5-6-14(8-9)11-3-4-12(13)10(2)7-11;1-3-5-6-4-2/h3-4,7,9H,5-6,8,13H2,1-2H3;3-6H2,1-2H3. The highest BCUT2D eigenvalue weighted by Gasteiger charge is 2.18. The first-order valence-corrected chi connectivity index (χ1v) is 8.19. The molecule has 0 saturated carbocycles. The van der Waals surface area contributed by atoms with Crippen molar-refractivity contribution in [3.63, 3.8) is 0 Å². The highest BCUT2D eigenvalue weighted by molar-refractivity contribution is 5.58. The molecule has 1 aromatic rings. The van der Waals surface area contributed by atoms with Gasteiger partial charge in [0.25, 0.3) is 0 Å². The molecule has 1 fully saturated rings. The maximum absolute atomic E-state index is 5.80. The molecule has 1 unspecified atom stereocenters. The second-order valence-electron chi connectivity index (χ2n) is 6.09. The van der Waals surface area contributed by atoms with E-state index in [0.29, 0.717) is 0 Å². The second kappa shape index (κ2) is 8.89. The molecule has 2 nitrogen and oxygen atoms in total. The zero-order valence-electron chi connectivity index (χ0n) is 13.8. The average Bonchev–Trinajstić information content (AvgIpc) is 2.87. The Hall–Kier alpha value is -1.18. The van der Waals surface area contributed by atoms with Gasteiger partial charge in [-0.1, -0.05) is 46.5 Å². The van der Waals surface area contributed by atoms with Gasteiger partial charge in [0, 0.05) is 24.5 Å². The van der Waals surface area contributed by atoms with Crippen LogP contribution < -0.4 is 10.6 Å². The fourth-order valence-electron chi connectivity index (χ4n) is 2.53. The van der Waals surface area contributed by atoms with E-state index in [-0.39, 0.29) is 0 Å². The molecule has 1 atom stereocenters. The summed E-state index contributed by atoms with van der Waals surface area (Å²) >= 11 is 0. The first-order chi connectivity index (χ1) is 9.58. The van der Waals surface area contributed by atoms with Crippen molar-refractivity contribution in [1.82, 2.24) is 0 Å². The van der Waals surface area contributed by atoms with E-state index in [0.717, 1.165) is 11.6 Å². The highest BCUT2D eigenvalue weighted by atomic mass is 15.1. The van der Waals surface area contributed by atoms with E-state index in [2.05, 4.69) is 44.7 Å². The zero-order chi connectivity index (χ0) is 15.0. The van der Waals surface area contributed by atoms with E-state index < -0.39 is 0 Å². The molecule has 1 saturated heterocycles. The smallest absolute Gasteiger partial charge is 0.0370 e. The van der Waals surface area contributed by atoms with Gasteiger partial charge in [-0.05, 0) is 43.0 Å². The maximum Gasteiger partial charge on any atom is 0.0370 e. The van der Waals surface area contributed by atoms with Crippen LogP contribution in [0.15, 0.2) is 18.2 Å². The van der Waals surface area contributed by atoms with Crippen LogP contribution in [-0.4, -0.2) is 13.1 Å². The van der Waals surface area contributed by atoms with E-state index in [1.807, 2.05) is 6.07 Å². The largest absolute Gasteiger partial charge is 0.399 e. The number of anilines is 2. The normalized spacial score (nSPS) is 17.8. The molecule has 2 N–H and O–H groups in total. The fourth-order valence-corrected chi connectivity index (χ4v) is 2.53. The van der Waals surface area contributed by atoms with Crippen LogP contribution in [0.5, 0.6) is 0 Å². The van der Waals surface area contributed by atoms with Crippen molar-refractivity contribution in [1.29, 1.82) is 0 Å². The van der Waals surface area contributed by atoms with E-state index in [1.165, 1.54) is 56.4 Å². The lowest BCUT2D eigenvalue weighted by Crippen LogP contribution is -2.19. The summed E-state index contributed by atoms with van der Waals surface area (Å²) in [6.45, 7) is 11.2. The molecule has 2 heteroatoms. The van der Waals surface area contributed by atoms with E-state index in [1.54, 1.807) is 0 Å². The summed E-state index contributed by atoms with van der Waals surface area (Å²) < 4.78 is 0. The minimum atomic E-state index is 0.827. The third kappa shape index (κ3) is 5.44. The molecule has 0 aliphatic carbocycles. The number of hydrogen-bond donors (Lipinski definition) is 1. The summed E-state index contributed by atoms with van der Waals surface area (Å²) in [4.78, 5) is 2.44.